The molecule has 0 aromatic heterocycles. The molecule has 1 aliphatic heterocycles. The Bertz CT molecular complexity index is 413. The lowest BCUT2D eigenvalue weighted by molar-refractivity contribution is -0.148. The van der Waals surface area contributed by atoms with Crippen LogP contribution in [0.3, 0.4) is 0 Å². The molecule has 1 aliphatic carbocycles. The largest absolute Gasteiger partial charge is 0.480 e. The second-order valence-corrected chi connectivity index (χ2v) is 6.51. The van der Waals surface area contributed by atoms with Gasteiger partial charge in [-0.1, -0.05) is 11.6 Å². The smallest absolute Gasteiger partial charge is 0.327 e. The fraction of sp³-hybridized carbons (Fsp3) is 0.692. The third-order valence-corrected chi connectivity index (χ3v) is 5.49. The number of carbonyl (C=O) groups is 2. The summed E-state index contributed by atoms with van der Waals surface area (Å²) in [5.41, 5.74) is 1.38. The standard InChI is InChI=1S/C13H18ClNO3S/c1-8-2-4-9(5-3-8)12-15(11(16)6-14)10(7-19-12)13(17)18/h2,9-10,12H,3-7H2,1H3,(H,17,18)/t9?,10-,12?/m0/s1. The number of nitrogens with zero attached hydrogens (tertiary/aromatic N) is 1. The van der Waals surface area contributed by atoms with Crippen LogP contribution in [0.2, 0.25) is 0 Å². The Morgan fingerprint density at radius 2 is 2.32 bits per heavy atom. The number of carbonyl (C=O) groups excluding carboxylic acids is 1. The molecule has 6 heteroatoms. The van der Waals surface area contributed by atoms with Gasteiger partial charge in [0.15, 0.2) is 0 Å². The zero-order valence-electron chi connectivity index (χ0n) is 10.8. The Labute approximate surface area is 122 Å². The fourth-order valence-corrected chi connectivity index (χ4v) is 4.48. The van der Waals surface area contributed by atoms with Crippen LogP contribution in [0.1, 0.15) is 26.2 Å². The van der Waals surface area contributed by atoms with Crippen molar-refractivity contribution in [3.8, 4) is 0 Å². The molecule has 1 heterocycles. The Kier molecular flexibility index (Phi) is 4.79. The van der Waals surface area contributed by atoms with Crippen LogP contribution in [0.4, 0.5) is 0 Å². The number of hydrogen-bond acceptors (Lipinski definition) is 3. The zero-order chi connectivity index (χ0) is 14.0. The molecular weight excluding hydrogens is 286 g/mol. The lowest BCUT2D eigenvalue weighted by atomic mass is 9.89. The molecule has 2 rings (SSSR count). The predicted molar refractivity (Wildman–Crippen MR) is 76.3 cm³/mol. The summed E-state index contributed by atoms with van der Waals surface area (Å²) in [4.78, 5) is 24.7. The number of thioether (sulfide) groups is 1. The van der Waals surface area contributed by atoms with Crippen molar-refractivity contribution in [1.29, 1.82) is 0 Å². The van der Waals surface area contributed by atoms with E-state index in [9.17, 15) is 14.7 Å². The molecule has 3 atom stereocenters. The molecule has 2 unspecified atom stereocenters. The summed E-state index contributed by atoms with van der Waals surface area (Å²) in [6, 6.07) is -0.728. The molecule has 0 spiro atoms. The van der Waals surface area contributed by atoms with Crippen molar-refractivity contribution < 1.29 is 14.7 Å². The van der Waals surface area contributed by atoms with Gasteiger partial charge in [0, 0.05) is 5.75 Å². The van der Waals surface area contributed by atoms with Gasteiger partial charge >= 0.3 is 5.97 Å². The molecule has 0 radical (unpaired) electrons. The highest BCUT2D eigenvalue weighted by Gasteiger charge is 2.44. The highest BCUT2D eigenvalue weighted by Crippen LogP contribution is 2.40. The van der Waals surface area contributed by atoms with Crippen molar-refractivity contribution in [3.63, 3.8) is 0 Å². The number of allylic oxidation sites excluding steroid dienone is 2. The Morgan fingerprint density at radius 3 is 2.84 bits per heavy atom. The van der Waals surface area contributed by atoms with Crippen molar-refractivity contribution in [2.75, 3.05) is 11.6 Å². The molecule has 1 amide bonds. The average Bonchev–Trinajstić information content (AvgIpc) is 2.83. The number of carboxylic acids is 1. The normalized spacial score (nSPS) is 31.2. The summed E-state index contributed by atoms with van der Waals surface area (Å²) in [5, 5.41) is 9.18. The van der Waals surface area contributed by atoms with Crippen LogP contribution in [0.5, 0.6) is 0 Å². The third kappa shape index (κ3) is 3.08. The molecule has 0 aromatic carbocycles. The number of halogens is 1. The van der Waals surface area contributed by atoms with Gasteiger partial charge in [-0.25, -0.2) is 4.79 Å². The summed E-state index contributed by atoms with van der Waals surface area (Å²) >= 11 is 7.20. The molecule has 1 fully saturated rings. The van der Waals surface area contributed by atoms with Gasteiger partial charge in [0.2, 0.25) is 5.91 Å². The van der Waals surface area contributed by atoms with Gasteiger partial charge in [-0.15, -0.1) is 23.4 Å². The van der Waals surface area contributed by atoms with E-state index in [-0.39, 0.29) is 17.2 Å². The van der Waals surface area contributed by atoms with Gasteiger partial charge in [-0.2, -0.15) is 0 Å². The van der Waals surface area contributed by atoms with Crippen LogP contribution >= 0.6 is 23.4 Å². The average molecular weight is 304 g/mol. The number of aliphatic carboxylic acids is 1. The van der Waals surface area contributed by atoms with Crippen LogP contribution < -0.4 is 0 Å². The molecule has 106 valence electrons. The van der Waals surface area contributed by atoms with E-state index in [1.165, 1.54) is 10.5 Å². The van der Waals surface area contributed by atoms with Gasteiger partial charge in [0.1, 0.15) is 11.9 Å². The summed E-state index contributed by atoms with van der Waals surface area (Å²) in [5.74, 6) is -0.555. The first-order chi connectivity index (χ1) is 9.04. The second kappa shape index (κ2) is 6.18. The predicted octanol–water partition coefficient (Wildman–Crippen LogP) is 2.33. The van der Waals surface area contributed by atoms with Crippen LogP contribution in [-0.4, -0.2) is 44.9 Å². The van der Waals surface area contributed by atoms with E-state index in [1.54, 1.807) is 11.8 Å². The topological polar surface area (TPSA) is 57.6 Å². The zero-order valence-corrected chi connectivity index (χ0v) is 12.4. The minimum absolute atomic E-state index is 0.0447. The van der Waals surface area contributed by atoms with Crippen LogP contribution in [0.15, 0.2) is 11.6 Å². The number of amides is 1. The summed E-state index contributed by atoms with van der Waals surface area (Å²) < 4.78 is 0. The van der Waals surface area contributed by atoms with Crippen molar-refractivity contribution in [3.05, 3.63) is 11.6 Å². The van der Waals surface area contributed by atoms with Gasteiger partial charge < -0.3 is 10.0 Å². The number of carboxylic acid groups (broad SMARTS) is 1. The van der Waals surface area contributed by atoms with Gasteiger partial charge in [-0.05, 0) is 32.1 Å². The maximum absolute atomic E-state index is 11.9. The van der Waals surface area contributed by atoms with E-state index in [1.807, 2.05) is 0 Å². The SMILES string of the molecule is CC1=CCC(C2SC[C@@H](C(=O)O)N2C(=O)CCl)CC1. The molecule has 0 saturated carbocycles. The number of hydrogen-bond donors (Lipinski definition) is 1. The van der Waals surface area contributed by atoms with E-state index in [4.69, 9.17) is 11.6 Å². The lowest BCUT2D eigenvalue weighted by Gasteiger charge is -2.33. The Hall–Kier alpha value is -0.680. The first-order valence-electron chi connectivity index (χ1n) is 6.41. The van der Waals surface area contributed by atoms with E-state index >= 15 is 0 Å². The Morgan fingerprint density at radius 1 is 1.58 bits per heavy atom. The highest BCUT2D eigenvalue weighted by molar-refractivity contribution is 8.00. The fourth-order valence-electron chi connectivity index (χ4n) is 2.71. The summed E-state index contributed by atoms with van der Waals surface area (Å²) in [6.45, 7) is 2.11. The highest BCUT2D eigenvalue weighted by atomic mass is 35.5. The maximum Gasteiger partial charge on any atom is 0.327 e. The van der Waals surface area contributed by atoms with Crippen molar-refractivity contribution >= 4 is 35.2 Å². The molecule has 2 aliphatic rings. The number of alkyl halides is 1. The number of rotatable bonds is 3. The maximum atomic E-state index is 11.9. The first-order valence-corrected chi connectivity index (χ1v) is 8.00. The van der Waals surface area contributed by atoms with E-state index in [2.05, 4.69) is 13.0 Å². The van der Waals surface area contributed by atoms with Gasteiger partial charge in [0.25, 0.3) is 0 Å². The minimum atomic E-state index is -0.934. The molecule has 0 aromatic rings. The van der Waals surface area contributed by atoms with Crippen molar-refractivity contribution in [2.24, 2.45) is 5.92 Å². The molecule has 1 saturated heterocycles. The first kappa shape index (κ1) is 14.7. The third-order valence-electron chi connectivity index (χ3n) is 3.80. The van der Waals surface area contributed by atoms with Crippen LogP contribution in [0.25, 0.3) is 0 Å². The van der Waals surface area contributed by atoms with Crippen molar-refractivity contribution in [2.45, 2.75) is 37.6 Å². The van der Waals surface area contributed by atoms with Crippen molar-refractivity contribution in [1.82, 2.24) is 4.90 Å². The van der Waals surface area contributed by atoms with Crippen LogP contribution in [-0.2, 0) is 9.59 Å². The molecule has 19 heavy (non-hydrogen) atoms. The molecule has 0 bridgehead atoms. The Balaban J connectivity index is 2.15. The lowest BCUT2D eigenvalue weighted by Crippen LogP contribution is -2.48. The summed E-state index contributed by atoms with van der Waals surface area (Å²) in [7, 11) is 0. The molecule has 1 N–H and O–H groups in total. The second-order valence-electron chi connectivity index (χ2n) is 5.10. The van der Waals surface area contributed by atoms with E-state index < -0.39 is 12.0 Å². The van der Waals surface area contributed by atoms with E-state index in [0.29, 0.717) is 11.7 Å². The molecule has 4 nitrogen and oxygen atoms in total. The van der Waals surface area contributed by atoms with Gasteiger partial charge in [0.05, 0.1) is 5.37 Å². The monoisotopic (exact) mass is 303 g/mol. The quantitative estimate of drug-likeness (QED) is 0.642. The van der Waals surface area contributed by atoms with Crippen LogP contribution in [0, 0.1) is 5.92 Å². The van der Waals surface area contributed by atoms with Gasteiger partial charge in [-0.3, -0.25) is 4.79 Å². The minimum Gasteiger partial charge on any atom is -0.480 e. The molecular formula is C13H18ClNO3S. The van der Waals surface area contributed by atoms with E-state index in [0.717, 1.165) is 19.3 Å². The summed E-state index contributed by atoms with van der Waals surface area (Å²) in [6.07, 6.45) is 5.16.